The van der Waals surface area contributed by atoms with Crippen LogP contribution >= 0.6 is 0 Å². The second kappa shape index (κ2) is 7.21. The maximum atomic E-state index is 12.2. The van der Waals surface area contributed by atoms with E-state index in [-0.39, 0.29) is 17.0 Å². The number of benzene rings is 1. The molecule has 1 aromatic carbocycles. The number of aromatic nitrogens is 1. The van der Waals surface area contributed by atoms with Gasteiger partial charge in [0.15, 0.2) is 0 Å². The first kappa shape index (κ1) is 17.6. The molecule has 0 fully saturated rings. The lowest BCUT2D eigenvalue weighted by Crippen LogP contribution is -2.11. The molecule has 0 aliphatic carbocycles. The highest BCUT2D eigenvalue weighted by molar-refractivity contribution is 6.06. The van der Waals surface area contributed by atoms with E-state index in [1.807, 2.05) is 31.2 Å². The van der Waals surface area contributed by atoms with Gasteiger partial charge in [-0.15, -0.1) is 0 Å². The lowest BCUT2D eigenvalue weighted by molar-refractivity contribution is 0.0553. The van der Waals surface area contributed by atoms with Gasteiger partial charge in [-0.1, -0.05) is 29.8 Å². The molecule has 2 rings (SSSR count). The highest BCUT2D eigenvalue weighted by atomic mass is 16.5. The molecule has 0 atom stereocenters. The Bertz CT molecular complexity index is 776. The Morgan fingerprint density at radius 1 is 1.00 bits per heavy atom. The maximum Gasteiger partial charge on any atom is 0.344 e. The Balaban J connectivity index is 2.64. The minimum Gasteiger partial charge on any atom is -0.482 e. The minimum atomic E-state index is -0.640. The van der Waals surface area contributed by atoms with Gasteiger partial charge in [-0.2, -0.15) is 0 Å². The Labute approximate surface area is 140 Å². The highest BCUT2D eigenvalue weighted by Gasteiger charge is 2.31. The summed E-state index contributed by atoms with van der Waals surface area (Å²) in [6, 6.07) is 7.97. The predicted molar refractivity (Wildman–Crippen MR) is 88.7 cm³/mol. The van der Waals surface area contributed by atoms with Gasteiger partial charge in [-0.05, 0) is 19.4 Å². The molecule has 6 heteroatoms. The lowest BCUT2D eigenvalue weighted by atomic mass is 10.1. The largest absolute Gasteiger partial charge is 0.482 e. The molecule has 0 amide bonds. The van der Waals surface area contributed by atoms with E-state index in [2.05, 4.69) is 0 Å². The number of carbonyl (C=O) groups excluding carboxylic acids is 2. The fourth-order valence-corrected chi connectivity index (χ4v) is 2.75. The molecule has 128 valence electrons. The summed E-state index contributed by atoms with van der Waals surface area (Å²) in [4.78, 5) is 24.3. The Kier molecular flexibility index (Phi) is 5.28. The van der Waals surface area contributed by atoms with Crippen molar-refractivity contribution in [2.45, 2.75) is 20.4 Å². The second-order valence-corrected chi connectivity index (χ2v) is 5.40. The molecular weight excluding hydrogens is 310 g/mol. The number of carbonyl (C=O) groups is 2. The van der Waals surface area contributed by atoms with Gasteiger partial charge in [-0.25, -0.2) is 9.59 Å². The van der Waals surface area contributed by atoms with Crippen LogP contribution in [0.1, 0.15) is 37.5 Å². The van der Waals surface area contributed by atoms with Gasteiger partial charge >= 0.3 is 11.9 Å². The molecule has 6 nitrogen and oxygen atoms in total. The summed E-state index contributed by atoms with van der Waals surface area (Å²) < 4.78 is 16.8. The van der Waals surface area contributed by atoms with Gasteiger partial charge in [0.1, 0.15) is 5.56 Å². The normalized spacial score (nSPS) is 10.4. The fraction of sp³-hybridized carbons (Fsp3) is 0.333. The summed E-state index contributed by atoms with van der Waals surface area (Å²) in [5.41, 5.74) is 2.98. The molecule has 0 aliphatic heterocycles. The molecule has 0 unspecified atom stereocenters. The SMILES string of the molecule is COC(=O)c1c(C(=O)OC)c(OC)n(Cc2cccc(C)c2)c1C. The third-order valence-electron chi connectivity index (χ3n) is 3.87. The van der Waals surface area contributed by atoms with Crippen LogP contribution in [0.25, 0.3) is 0 Å². The van der Waals surface area contributed by atoms with Crippen LogP contribution in [0.3, 0.4) is 0 Å². The monoisotopic (exact) mass is 331 g/mol. The average molecular weight is 331 g/mol. The van der Waals surface area contributed by atoms with Crippen molar-refractivity contribution < 1.29 is 23.8 Å². The molecule has 0 aliphatic rings. The van der Waals surface area contributed by atoms with Crippen molar-refractivity contribution in [3.8, 4) is 5.88 Å². The summed E-state index contributed by atoms with van der Waals surface area (Å²) in [6.45, 7) is 4.21. The standard InChI is InChI=1S/C18H21NO5/c1-11-7-6-8-13(9-11)10-19-12(2)14(17(20)23-4)15(16(19)22-3)18(21)24-5/h6-9H,10H2,1-5H3. The lowest BCUT2D eigenvalue weighted by Gasteiger charge is -2.11. The predicted octanol–water partition coefficient (Wildman–Crippen LogP) is 2.74. The van der Waals surface area contributed by atoms with Crippen molar-refractivity contribution in [2.75, 3.05) is 21.3 Å². The van der Waals surface area contributed by atoms with Crippen LogP contribution in [0.15, 0.2) is 24.3 Å². The molecular formula is C18H21NO5. The zero-order valence-electron chi connectivity index (χ0n) is 14.5. The van der Waals surface area contributed by atoms with Crippen LogP contribution in [0.2, 0.25) is 0 Å². The Morgan fingerprint density at radius 2 is 1.62 bits per heavy atom. The molecule has 1 aromatic heterocycles. The van der Waals surface area contributed by atoms with Crippen LogP contribution in [-0.4, -0.2) is 37.8 Å². The molecule has 0 saturated carbocycles. The number of nitrogens with zero attached hydrogens (tertiary/aromatic N) is 1. The van der Waals surface area contributed by atoms with Crippen molar-refractivity contribution in [3.05, 3.63) is 52.2 Å². The maximum absolute atomic E-state index is 12.2. The van der Waals surface area contributed by atoms with E-state index in [0.717, 1.165) is 11.1 Å². The van der Waals surface area contributed by atoms with Crippen molar-refractivity contribution in [2.24, 2.45) is 0 Å². The highest BCUT2D eigenvalue weighted by Crippen LogP contribution is 2.31. The molecule has 0 N–H and O–H groups in total. The number of hydrogen-bond donors (Lipinski definition) is 0. The molecule has 24 heavy (non-hydrogen) atoms. The van der Waals surface area contributed by atoms with Crippen LogP contribution in [0.5, 0.6) is 5.88 Å². The third-order valence-corrected chi connectivity index (χ3v) is 3.87. The van der Waals surface area contributed by atoms with Crippen LogP contribution in [0, 0.1) is 13.8 Å². The summed E-state index contributed by atoms with van der Waals surface area (Å²) in [7, 11) is 3.98. The van der Waals surface area contributed by atoms with E-state index in [1.54, 1.807) is 11.5 Å². The molecule has 0 spiro atoms. The van der Waals surface area contributed by atoms with E-state index in [9.17, 15) is 9.59 Å². The summed E-state index contributed by atoms with van der Waals surface area (Å²) >= 11 is 0. The van der Waals surface area contributed by atoms with Gasteiger partial charge in [0.25, 0.3) is 0 Å². The third kappa shape index (κ3) is 3.13. The molecule has 0 bridgehead atoms. The quantitative estimate of drug-likeness (QED) is 0.788. The number of hydrogen-bond acceptors (Lipinski definition) is 5. The van der Waals surface area contributed by atoms with Crippen molar-refractivity contribution in [3.63, 3.8) is 0 Å². The zero-order chi connectivity index (χ0) is 17.9. The first-order chi connectivity index (χ1) is 11.4. The van der Waals surface area contributed by atoms with E-state index in [4.69, 9.17) is 14.2 Å². The minimum absolute atomic E-state index is 0.0806. The number of methoxy groups -OCH3 is 3. The summed E-state index contributed by atoms with van der Waals surface area (Å²) in [5.74, 6) is -0.964. The number of ether oxygens (including phenoxy) is 3. The molecule has 0 saturated heterocycles. The van der Waals surface area contributed by atoms with Gasteiger partial charge in [-0.3, -0.25) is 0 Å². The smallest absolute Gasteiger partial charge is 0.344 e. The summed E-state index contributed by atoms with van der Waals surface area (Å²) in [6.07, 6.45) is 0. The van der Waals surface area contributed by atoms with Crippen molar-refractivity contribution >= 4 is 11.9 Å². The fourth-order valence-electron chi connectivity index (χ4n) is 2.75. The second-order valence-electron chi connectivity index (χ2n) is 5.40. The first-order valence-electron chi connectivity index (χ1n) is 7.43. The number of rotatable bonds is 5. The van der Waals surface area contributed by atoms with Crippen LogP contribution < -0.4 is 4.74 Å². The topological polar surface area (TPSA) is 66.8 Å². The van der Waals surface area contributed by atoms with Gasteiger partial charge in [0.05, 0.1) is 33.4 Å². The van der Waals surface area contributed by atoms with Crippen LogP contribution in [-0.2, 0) is 16.0 Å². The number of aryl methyl sites for hydroxylation is 1. The van der Waals surface area contributed by atoms with E-state index in [1.165, 1.54) is 21.3 Å². The first-order valence-corrected chi connectivity index (χ1v) is 7.43. The average Bonchev–Trinajstić information content (AvgIpc) is 2.85. The van der Waals surface area contributed by atoms with E-state index >= 15 is 0 Å². The van der Waals surface area contributed by atoms with Gasteiger partial charge in [0, 0.05) is 5.69 Å². The van der Waals surface area contributed by atoms with Gasteiger partial charge < -0.3 is 18.8 Å². The van der Waals surface area contributed by atoms with Crippen LogP contribution in [0.4, 0.5) is 0 Å². The van der Waals surface area contributed by atoms with Crippen molar-refractivity contribution in [1.82, 2.24) is 4.57 Å². The number of esters is 2. The molecule has 0 radical (unpaired) electrons. The Hall–Kier alpha value is -2.76. The van der Waals surface area contributed by atoms with Gasteiger partial charge in [0.2, 0.25) is 5.88 Å². The van der Waals surface area contributed by atoms with E-state index < -0.39 is 11.9 Å². The van der Waals surface area contributed by atoms with E-state index in [0.29, 0.717) is 12.2 Å². The Morgan fingerprint density at radius 3 is 2.17 bits per heavy atom. The molecule has 1 heterocycles. The van der Waals surface area contributed by atoms with Crippen molar-refractivity contribution in [1.29, 1.82) is 0 Å². The molecule has 2 aromatic rings. The summed E-state index contributed by atoms with van der Waals surface area (Å²) in [5, 5.41) is 0. The zero-order valence-corrected chi connectivity index (χ0v) is 14.5.